The number of rotatable bonds is 5. The van der Waals surface area contributed by atoms with Crippen molar-refractivity contribution in [3.05, 3.63) is 23.3 Å². The molecule has 4 heteroatoms. The zero-order chi connectivity index (χ0) is 12.1. The van der Waals surface area contributed by atoms with Crippen molar-refractivity contribution >= 4 is 0 Å². The summed E-state index contributed by atoms with van der Waals surface area (Å²) in [5.74, 6) is 1.52. The predicted octanol–water partition coefficient (Wildman–Crippen LogP) is 1.39. The average Bonchev–Trinajstić information content (AvgIpc) is 2.28. The number of aliphatic hydroxyl groups excluding tert-OH is 1. The van der Waals surface area contributed by atoms with Crippen LogP contribution in [-0.4, -0.2) is 25.9 Å². The Morgan fingerprint density at radius 2 is 1.88 bits per heavy atom. The fourth-order valence-electron chi connectivity index (χ4n) is 1.66. The molecular formula is C12H19NO3. The third-order valence-electron chi connectivity index (χ3n) is 2.59. The van der Waals surface area contributed by atoms with Crippen molar-refractivity contribution in [2.24, 2.45) is 5.73 Å². The maximum absolute atomic E-state index is 8.89. The van der Waals surface area contributed by atoms with Gasteiger partial charge in [-0.05, 0) is 31.0 Å². The van der Waals surface area contributed by atoms with Gasteiger partial charge in [0.15, 0.2) is 0 Å². The van der Waals surface area contributed by atoms with Crippen LogP contribution in [0.15, 0.2) is 12.1 Å². The molecule has 1 aromatic carbocycles. The summed E-state index contributed by atoms with van der Waals surface area (Å²) in [7, 11) is 3.23. The van der Waals surface area contributed by atoms with Gasteiger partial charge in [0.2, 0.25) is 0 Å². The van der Waals surface area contributed by atoms with E-state index in [4.69, 9.17) is 20.3 Å². The van der Waals surface area contributed by atoms with Crippen molar-refractivity contribution in [3.8, 4) is 11.5 Å². The van der Waals surface area contributed by atoms with Crippen molar-refractivity contribution in [1.29, 1.82) is 0 Å². The molecule has 16 heavy (non-hydrogen) atoms. The molecule has 0 amide bonds. The molecule has 0 saturated heterocycles. The molecule has 0 heterocycles. The van der Waals surface area contributed by atoms with Gasteiger partial charge in [0.25, 0.3) is 0 Å². The lowest BCUT2D eigenvalue weighted by atomic mass is 10.0. The van der Waals surface area contributed by atoms with Crippen LogP contribution in [0.1, 0.15) is 23.6 Å². The first kappa shape index (κ1) is 12.8. The average molecular weight is 225 g/mol. The first-order chi connectivity index (χ1) is 7.63. The number of benzene rings is 1. The van der Waals surface area contributed by atoms with Crippen molar-refractivity contribution in [2.45, 2.75) is 19.4 Å². The van der Waals surface area contributed by atoms with Gasteiger partial charge in [-0.25, -0.2) is 0 Å². The van der Waals surface area contributed by atoms with Gasteiger partial charge < -0.3 is 20.3 Å². The molecule has 0 fully saturated rings. The molecule has 0 aliphatic carbocycles. The molecular weight excluding hydrogens is 206 g/mol. The van der Waals surface area contributed by atoms with Crippen LogP contribution < -0.4 is 15.2 Å². The number of hydrogen-bond acceptors (Lipinski definition) is 4. The van der Waals surface area contributed by atoms with Crippen LogP contribution in [0, 0.1) is 6.92 Å². The second-order valence-corrected chi connectivity index (χ2v) is 3.68. The highest BCUT2D eigenvalue weighted by Gasteiger charge is 2.14. The van der Waals surface area contributed by atoms with E-state index >= 15 is 0 Å². The number of aliphatic hydroxyl groups is 1. The van der Waals surface area contributed by atoms with Crippen LogP contribution in [0.2, 0.25) is 0 Å². The van der Waals surface area contributed by atoms with Crippen LogP contribution in [0.25, 0.3) is 0 Å². The van der Waals surface area contributed by atoms with Gasteiger partial charge >= 0.3 is 0 Å². The van der Waals surface area contributed by atoms with Crippen LogP contribution in [0.3, 0.4) is 0 Å². The third-order valence-corrected chi connectivity index (χ3v) is 2.59. The zero-order valence-corrected chi connectivity index (χ0v) is 9.99. The maximum atomic E-state index is 8.89. The van der Waals surface area contributed by atoms with Crippen LogP contribution >= 0.6 is 0 Å². The number of methoxy groups -OCH3 is 2. The van der Waals surface area contributed by atoms with E-state index < -0.39 is 0 Å². The Labute approximate surface area is 96.0 Å². The Kier molecular flexibility index (Phi) is 4.58. The quantitative estimate of drug-likeness (QED) is 0.795. The number of nitrogens with two attached hydrogens (primary N) is 1. The Balaban J connectivity index is 3.13. The molecule has 1 rings (SSSR count). The zero-order valence-electron chi connectivity index (χ0n) is 9.99. The summed E-state index contributed by atoms with van der Waals surface area (Å²) in [6, 6.07) is 3.52. The van der Waals surface area contributed by atoms with E-state index in [1.165, 1.54) is 0 Å². The molecule has 0 aromatic heterocycles. The summed E-state index contributed by atoms with van der Waals surface area (Å²) in [6.45, 7) is 2.00. The van der Waals surface area contributed by atoms with E-state index in [2.05, 4.69) is 0 Å². The second kappa shape index (κ2) is 5.72. The first-order valence-corrected chi connectivity index (χ1v) is 5.23. The van der Waals surface area contributed by atoms with Gasteiger partial charge in [0.1, 0.15) is 11.5 Å². The van der Waals surface area contributed by atoms with Crippen LogP contribution in [0.5, 0.6) is 11.5 Å². The normalized spacial score (nSPS) is 12.3. The van der Waals surface area contributed by atoms with E-state index in [1.807, 2.05) is 19.1 Å². The largest absolute Gasteiger partial charge is 0.496 e. The minimum atomic E-state index is -0.241. The van der Waals surface area contributed by atoms with Crippen LogP contribution in [0.4, 0.5) is 0 Å². The fourth-order valence-corrected chi connectivity index (χ4v) is 1.66. The van der Waals surface area contributed by atoms with Crippen LogP contribution in [-0.2, 0) is 0 Å². The standard InChI is InChI=1S/C12H19NO3/c1-8-6-12(16-3)9(7-11(8)15-2)10(13)4-5-14/h6-7,10,14H,4-5,13H2,1-3H3. The van der Waals surface area contributed by atoms with E-state index in [-0.39, 0.29) is 12.6 Å². The molecule has 1 unspecified atom stereocenters. The highest BCUT2D eigenvalue weighted by atomic mass is 16.5. The van der Waals surface area contributed by atoms with Gasteiger partial charge in [-0.1, -0.05) is 0 Å². The summed E-state index contributed by atoms with van der Waals surface area (Å²) in [5, 5.41) is 8.89. The molecule has 0 radical (unpaired) electrons. The van der Waals surface area contributed by atoms with Crippen molar-refractivity contribution in [3.63, 3.8) is 0 Å². The summed E-state index contributed by atoms with van der Waals surface area (Å²) >= 11 is 0. The number of aryl methyl sites for hydroxylation is 1. The Morgan fingerprint density at radius 1 is 1.25 bits per heavy atom. The lowest BCUT2D eigenvalue weighted by Gasteiger charge is -2.17. The molecule has 1 aromatic rings. The topological polar surface area (TPSA) is 64.7 Å². The molecule has 90 valence electrons. The first-order valence-electron chi connectivity index (χ1n) is 5.23. The minimum Gasteiger partial charge on any atom is -0.496 e. The Bertz CT molecular complexity index is 352. The summed E-state index contributed by atoms with van der Waals surface area (Å²) in [4.78, 5) is 0. The minimum absolute atomic E-state index is 0.0561. The van der Waals surface area contributed by atoms with Gasteiger partial charge in [0.05, 0.1) is 14.2 Å². The highest BCUT2D eigenvalue weighted by molar-refractivity contribution is 5.47. The molecule has 3 N–H and O–H groups in total. The molecule has 0 saturated carbocycles. The molecule has 0 aliphatic rings. The van der Waals surface area contributed by atoms with E-state index in [1.54, 1.807) is 14.2 Å². The van der Waals surface area contributed by atoms with Gasteiger partial charge in [-0.15, -0.1) is 0 Å². The Morgan fingerprint density at radius 3 is 2.38 bits per heavy atom. The van der Waals surface area contributed by atoms with Gasteiger partial charge in [-0.2, -0.15) is 0 Å². The van der Waals surface area contributed by atoms with E-state index in [0.29, 0.717) is 6.42 Å². The highest BCUT2D eigenvalue weighted by Crippen LogP contribution is 2.32. The van der Waals surface area contributed by atoms with E-state index in [0.717, 1.165) is 22.6 Å². The van der Waals surface area contributed by atoms with Crippen molar-refractivity contribution in [1.82, 2.24) is 0 Å². The second-order valence-electron chi connectivity index (χ2n) is 3.68. The fraction of sp³-hybridized carbons (Fsp3) is 0.500. The predicted molar refractivity (Wildman–Crippen MR) is 62.9 cm³/mol. The van der Waals surface area contributed by atoms with E-state index in [9.17, 15) is 0 Å². The van der Waals surface area contributed by atoms with Gasteiger partial charge in [-0.3, -0.25) is 0 Å². The third kappa shape index (κ3) is 2.65. The summed E-state index contributed by atoms with van der Waals surface area (Å²) in [6.07, 6.45) is 0.503. The molecule has 4 nitrogen and oxygen atoms in total. The van der Waals surface area contributed by atoms with Crippen molar-refractivity contribution in [2.75, 3.05) is 20.8 Å². The Hall–Kier alpha value is -1.26. The molecule has 0 bridgehead atoms. The molecule has 0 aliphatic heterocycles. The molecule has 0 spiro atoms. The maximum Gasteiger partial charge on any atom is 0.124 e. The number of hydrogen-bond donors (Lipinski definition) is 2. The lowest BCUT2D eigenvalue weighted by Crippen LogP contribution is -2.13. The van der Waals surface area contributed by atoms with Crippen molar-refractivity contribution < 1.29 is 14.6 Å². The number of ether oxygens (including phenoxy) is 2. The lowest BCUT2D eigenvalue weighted by molar-refractivity contribution is 0.275. The smallest absolute Gasteiger partial charge is 0.124 e. The summed E-state index contributed by atoms with van der Waals surface area (Å²) < 4.78 is 10.5. The SMILES string of the molecule is COc1cc(C(N)CCO)c(OC)cc1C. The monoisotopic (exact) mass is 225 g/mol. The molecule has 1 atom stereocenters. The summed E-state index contributed by atoms with van der Waals surface area (Å²) in [5.41, 5.74) is 7.82. The van der Waals surface area contributed by atoms with Gasteiger partial charge in [0, 0.05) is 18.2 Å².